The molecule has 2 aromatic heterocycles. The third-order valence-electron chi connectivity index (χ3n) is 5.82. The number of pyridine rings is 2. The van der Waals surface area contributed by atoms with E-state index in [4.69, 9.17) is 4.74 Å². The average Bonchev–Trinajstić information content (AvgIpc) is 2.77. The Hall–Kier alpha value is -3.37. The van der Waals surface area contributed by atoms with Crippen molar-refractivity contribution in [1.82, 2.24) is 14.5 Å². The van der Waals surface area contributed by atoms with Gasteiger partial charge in [-0.1, -0.05) is 12.1 Å². The molecule has 0 radical (unpaired) electrons. The van der Waals surface area contributed by atoms with Crippen LogP contribution in [0.4, 0.5) is 5.69 Å². The van der Waals surface area contributed by atoms with Gasteiger partial charge in [0, 0.05) is 45.3 Å². The number of hydrogen-bond acceptors (Lipinski definition) is 6. The van der Waals surface area contributed by atoms with Crippen molar-refractivity contribution in [2.24, 2.45) is 7.05 Å². The van der Waals surface area contributed by atoms with Crippen LogP contribution in [-0.4, -0.2) is 46.7 Å². The van der Waals surface area contributed by atoms with Crippen LogP contribution in [0, 0.1) is 11.3 Å². The zero-order chi connectivity index (χ0) is 22.0. The normalized spacial score (nSPS) is 17.0. The molecule has 3 aromatic rings. The van der Waals surface area contributed by atoms with Crippen molar-refractivity contribution in [2.75, 3.05) is 31.1 Å². The quantitative estimate of drug-likeness (QED) is 0.636. The maximum absolute atomic E-state index is 12.6. The van der Waals surface area contributed by atoms with Crippen LogP contribution in [0.15, 0.2) is 47.3 Å². The first kappa shape index (κ1) is 20.9. The molecule has 0 amide bonds. The number of anilines is 1. The summed E-state index contributed by atoms with van der Waals surface area (Å²) in [6, 6.07) is 15.7. The van der Waals surface area contributed by atoms with Gasteiger partial charge in [-0.3, -0.25) is 9.69 Å². The largest absolute Gasteiger partial charge is 0.494 e. The third kappa shape index (κ3) is 4.25. The molecule has 1 aliphatic heterocycles. The molecule has 1 aromatic carbocycles. The van der Waals surface area contributed by atoms with Gasteiger partial charge in [0.15, 0.2) is 0 Å². The maximum Gasteiger partial charge on any atom is 0.252 e. The molecular formula is C24H27N5O2. The van der Waals surface area contributed by atoms with E-state index < -0.39 is 0 Å². The number of nitrogens with zero attached hydrogens (tertiary/aromatic N) is 5. The summed E-state index contributed by atoms with van der Waals surface area (Å²) in [5.74, 6) is 0.901. The summed E-state index contributed by atoms with van der Waals surface area (Å²) < 4.78 is 7.21. The summed E-state index contributed by atoms with van der Waals surface area (Å²) in [6.07, 6.45) is 0. The standard InChI is InChI=1S/C24H27N5O2/c1-4-31-20-7-5-6-18(12-20)16-28-10-11-29(17(2)15-28)22-13-23(30)27(3)21-9-8-19(14-25)26-24(21)22/h5-9,12-13,17H,4,10-11,15-16H2,1-3H3/t17-/m0/s1. The fourth-order valence-corrected chi connectivity index (χ4v) is 4.29. The second kappa shape index (κ2) is 8.78. The number of ether oxygens (including phenoxy) is 1. The van der Waals surface area contributed by atoms with E-state index in [0.29, 0.717) is 17.8 Å². The monoisotopic (exact) mass is 417 g/mol. The zero-order valence-electron chi connectivity index (χ0n) is 18.2. The predicted octanol–water partition coefficient (Wildman–Crippen LogP) is 2.91. The van der Waals surface area contributed by atoms with E-state index in [0.717, 1.165) is 43.1 Å². The molecule has 4 rings (SSSR count). The first-order chi connectivity index (χ1) is 15.0. The van der Waals surface area contributed by atoms with E-state index in [9.17, 15) is 10.1 Å². The Morgan fingerprint density at radius 2 is 2.06 bits per heavy atom. The molecule has 160 valence electrons. The van der Waals surface area contributed by atoms with Crippen molar-refractivity contribution in [3.8, 4) is 11.8 Å². The molecule has 1 atom stereocenters. The third-order valence-corrected chi connectivity index (χ3v) is 5.82. The van der Waals surface area contributed by atoms with Gasteiger partial charge in [-0.25, -0.2) is 4.98 Å². The lowest BCUT2D eigenvalue weighted by Crippen LogP contribution is -2.52. The molecule has 0 N–H and O–H groups in total. The molecule has 7 heteroatoms. The Balaban J connectivity index is 1.58. The number of benzene rings is 1. The lowest BCUT2D eigenvalue weighted by molar-refractivity contribution is 0.221. The van der Waals surface area contributed by atoms with Crippen molar-refractivity contribution in [3.63, 3.8) is 0 Å². The highest BCUT2D eigenvalue weighted by Crippen LogP contribution is 2.27. The topological polar surface area (TPSA) is 74.4 Å². The van der Waals surface area contributed by atoms with E-state index in [-0.39, 0.29) is 11.6 Å². The van der Waals surface area contributed by atoms with E-state index in [1.165, 1.54) is 5.56 Å². The molecule has 0 aliphatic carbocycles. The molecule has 0 bridgehead atoms. The second-order valence-corrected chi connectivity index (χ2v) is 7.96. The molecule has 3 heterocycles. The van der Waals surface area contributed by atoms with Crippen LogP contribution in [0.1, 0.15) is 25.1 Å². The summed E-state index contributed by atoms with van der Waals surface area (Å²) in [5.41, 5.74) is 3.76. The van der Waals surface area contributed by atoms with Crippen molar-refractivity contribution in [3.05, 3.63) is 64.1 Å². The van der Waals surface area contributed by atoms with E-state index >= 15 is 0 Å². The zero-order valence-corrected chi connectivity index (χ0v) is 18.2. The van der Waals surface area contributed by atoms with Gasteiger partial charge >= 0.3 is 0 Å². The van der Waals surface area contributed by atoms with Crippen LogP contribution in [0.5, 0.6) is 5.75 Å². The summed E-state index contributed by atoms with van der Waals surface area (Å²) in [7, 11) is 1.74. The van der Waals surface area contributed by atoms with Gasteiger partial charge in [-0.15, -0.1) is 0 Å². The maximum atomic E-state index is 12.6. The van der Waals surface area contributed by atoms with Crippen LogP contribution >= 0.6 is 0 Å². The fraction of sp³-hybridized carbons (Fsp3) is 0.375. The molecule has 1 fully saturated rings. The van der Waals surface area contributed by atoms with Crippen LogP contribution in [-0.2, 0) is 13.6 Å². The highest BCUT2D eigenvalue weighted by Gasteiger charge is 2.26. The number of aromatic nitrogens is 2. The lowest BCUT2D eigenvalue weighted by atomic mass is 10.1. The number of fused-ring (bicyclic) bond motifs is 1. The fourth-order valence-electron chi connectivity index (χ4n) is 4.29. The molecule has 0 spiro atoms. The molecule has 0 unspecified atom stereocenters. The van der Waals surface area contributed by atoms with Gasteiger partial charge in [0.25, 0.3) is 5.56 Å². The van der Waals surface area contributed by atoms with Crippen molar-refractivity contribution in [1.29, 1.82) is 5.26 Å². The van der Waals surface area contributed by atoms with Gasteiger partial charge in [0.1, 0.15) is 23.0 Å². The highest BCUT2D eigenvalue weighted by molar-refractivity contribution is 5.88. The predicted molar refractivity (Wildman–Crippen MR) is 121 cm³/mol. The summed E-state index contributed by atoms with van der Waals surface area (Å²) in [6.45, 7) is 8.19. The minimum atomic E-state index is -0.0728. The Bertz CT molecular complexity index is 1200. The van der Waals surface area contributed by atoms with Crippen molar-refractivity contribution in [2.45, 2.75) is 26.4 Å². The number of piperazine rings is 1. The first-order valence-corrected chi connectivity index (χ1v) is 10.6. The average molecular weight is 418 g/mol. The highest BCUT2D eigenvalue weighted by atomic mass is 16.5. The molecular weight excluding hydrogens is 390 g/mol. The van der Waals surface area contributed by atoms with Crippen LogP contribution < -0.4 is 15.2 Å². The molecule has 1 saturated heterocycles. The van der Waals surface area contributed by atoms with Gasteiger partial charge in [0.05, 0.1) is 17.8 Å². The summed E-state index contributed by atoms with van der Waals surface area (Å²) in [4.78, 5) is 21.8. The minimum absolute atomic E-state index is 0.0728. The molecule has 0 saturated carbocycles. The minimum Gasteiger partial charge on any atom is -0.494 e. The van der Waals surface area contributed by atoms with E-state index in [1.54, 1.807) is 29.8 Å². The number of hydrogen-bond donors (Lipinski definition) is 0. The summed E-state index contributed by atoms with van der Waals surface area (Å²) >= 11 is 0. The Morgan fingerprint density at radius 3 is 2.81 bits per heavy atom. The molecule has 7 nitrogen and oxygen atoms in total. The lowest BCUT2D eigenvalue weighted by Gasteiger charge is -2.41. The van der Waals surface area contributed by atoms with Crippen molar-refractivity contribution >= 4 is 16.7 Å². The van der Waals surface area contributed by atoms with Crippen molar-refractivity contribution < 1.29 is 4.74 Å². The second-order valence-electron chi connectivity index (χ2n) is 7.96. The Labute approximate surface area is 182 Å². The summed E-state index contributed by atoms with van der Waals surface area (Å²) in [5, 5.41) is 9.29. The van der Waals surface area contributed by atoms with Gasteiger partial charge in [0.2, 0.25) is 0 Å². The van der Waals surface area contributed by atoms with Gasteiger partial charge in [-0.05, 0) is 43.7 Å². The smallest absolute Gasteiger partial charge is 0.252 e. The van der Waals surface area contributed by atoms with Crippen LogP contribution in [0.25, 0.3) is 11.0 Å². The van der Waals surface area contributed by atoms with E-state index in [1.807, 2.05) is 19.1 Å². The van der Waals surface area contributed by atoms with Crippen LogP contribution in [0.2, 0.25) is 0 Å². The van der Waals surface area contributed by atoms with Crippen LogP contribution in [0.3, 0.4) is 0 Å². The SMILES string of the molecule is CCOc1cccc(CN2CCN(c3cc(=O)n(C)c4ccc(C#N)nc34)[C@@H](C)C2)c1. The van der Waals surface area contributed by atoms with Gasteiger partial charge < -0.3 is 14.2 Å². The molecule has 1 aliphatic rings. The first-order valence-electron chi connectivity index (χ1n) is 10.6. The number of nitriles is 1. The molecule has 31 heavy (non-hydrogen) atoms. The Morgan fingerprint density at radius 1 is 1.23 bits per heavy atom. The van der Waals surface area contributed by atoms with E-state index in [2.05, 4.69) is 39.9 Å². The van der Waals surface area contributed by atoms with Gasteiger partial charge in [-0.2, -0.15) is 5.26 Å². The Kier molecular flexibility index (Phi) is 5.92. The number of aryl methyl sites for hydroxylation is 1. The number of rotatable bonds is 5.